The first-order valence-electron chi connectivity index (χ1n) is 10.8. The van der Waals surface area contributed by atoms with Crippen molar-refractivity contribution in [3.63, 3.8) is 0 Å². The number of likely N-dealkylation sites (tertiary alicyclic amines) is 1. The van der Waals surface area contributed by atoms with E-state index >= 15 is 0 Å². The van der Waals surface area contributed by atoms with Crippen LogP contribution in [-0.2, 0) is 28.0 Å². The van der Waals surface area contributed by atoms with Gasteiger partial charge in [0.2, 0.25) is 5.91 Å². The monoisotopic (exact) mass is 431 g/mol. The fourth-order valence-corrected chi connectivity index (χ4v) is 5.16. The van der Waals surface area contributed by atoms with Gasteiger partial charge in [0.25, 0.3) is 0 Å². The van der Waals surface area contributed by atoms with Gasteiger partial charge in [0.15, 0.2) is 0 Å². The second-order valence-electron chi connectivity index (χ2n) is 8.43. The average molecular weight is 432 g/mol. The summed E-state index contributed by atoms with van der Waals surface area (Å²) in [7, 11) is 0. The molecule has 0 aliphatic carbocycles. The van der Waals surface area contributed by atoms with Crippen molar-refractivity contribution in [1.29, 1.82) is 0 Å². The molecule has 0 bridgehead atoms. The maximum absolute atomic E-state index is 13.7. The average Bonchev–Trinajstić information content (AvgIpc) is 3.24. The van der Waals surface area contributed by atoms with Crippen molar-refractivity contribution in [3.8, 4) is 0 Å². The van der Waals surface area contributed by atoms with Crippen LogP contribution >= 0.6 is 12.4 Å². The van der Waals surface area contributed by atoms with Gasteiger partial charge in [-0.15, -0.1) is 22.6 Å². The molecule has 7 nitrogen and oxygen atoms in total. The van der Waals surface area contributed by atoms with Crippen molar-refractivity contribution < 1.29 is 9.53 Å². The van der Waals surface area contributed by atoms with Crippen LogP contribution < -0.4 is 5.32 Å². The third kappa shape index (κ3) is 3.74. The molecule has 4 heterocycles. The molecule has 30 heavy (non-hydrogen) atoms. The van der Waals surface area contributed by atoms with Gasteiger partial charge in [0.05, 0.1) is 12.0 Å². The molecule has 0 atom stereocenters. The van der Waals surface area contributed by atoms with Gasteiger partial charge in [0, 0.05) is 45.3 Å². The highest BCUT2D eigenvalue weighted by molar-refractivity contribution is 5.88. The van der Waals surface area contributed by atoms with Crippen LogP contribution in [0.15, 0.2) is 30.3 Å². The van der Waals surface area contributed by atoms with E-state index in [9.17, 15) is 4.79 Å². The minimum Gasteiger partial charge on any atom is -0.381 e. The Balaban J connectivity index is 0.00000218. The van der Waals surface area contributed by atoms with Gasteiger partial charge in [-0.1, -0.05) is 30.3 Å². The standard InChI is InChI=1S/C22H29N5O2.ClH/c28-21(22(8-14-29-15-9-22)18-4-2-1-3-5-18)26-11-6-17(7-12-26)20-25-24-19-16-23-10-13-27(19)20;/h1-5,17,23H,6-16H2;1H. The van der Waals surface area contributed by atoms with E-state index in [0.29, 0.717) is 19.1 Å². The zero-order chi connectivity index (χ0) is 19.7. The van der Waals surface area contributed by atoms with Crippen molar-refractivity contribution in [2.75, 3.05) is 32.8 Å². The Bertz CT molecular complexity index is 858. The van der Waals surface area contributed by atoms with Crippen molar-refractivity contribution in [1.82, 2.24) is 25.0 Å². The minimum atomic E-state index is -0.438. The number of ether oxygens (including phenoxy) is 1. The number of amides is 1. The lowest BCUT2D eigenvalue weighted by atomic mass is 9.72. The SMILES string of the molecule is Cl.O=C(N1CCC(c2nnc3n2CCNC3)CC1)C1(c2ccccc2)CCOCC1. The highest BCUT2D eigenvalue weighted by Crippen LogP contribution is 2.38. The molecule has 2 aromatic rings. The fourth-order valence-electron chi connectivity index (χ4n) is 5.16. The van der Waals surface area contributed by atoms with E-state index in [1.165, 1.54) is 0 Å². The van der Waals surface area contributed by atoms with Crippen LogP contribution in [0.25, 0.3) is 0 Å². The maximum atomic E-state index is 13.7. The molecule has 1 aromatic heterocycles. The molecule has 0 radical (unpaired) electrons. The first-order valence-corrected chi connectivity index (χ1v) is 10.8. The molecule has 2 fully saturated rings. The number of nitrogens with one attached hydrogen (secondary N) is 1. The molecular weight excluding hydrogens is 402 g/mol. The summed E-state index contributed by atoms with van der Waals surface area (Å²) in [5.41, 5.74) is 0.695. The normalized spacial score (nSPS) is 21.5. The van der Waals surface area contributed by atoms with Gasteiger partial charge in [-0.2, -0.15) is 0 Å². The lowest BCUT2D eigenvalue weighted by Crippen LogP contribution is -2.52. The van der Waals surface area contributed by atoms with E-state index in [2.05, 4.69) is 37.1 Å². The Morgan fingerprint density at radius 3 is 2.53 bits per heavy atom. The van der Waals surface area contributed by atoms with E-state index in [0.717, 1.165) is 75.6 Å². The summed E-state index contributed by atoms with van der Waals surface area (Å²) in [6, 6.07) is 10.3. The third-order valence-corrected chi connectivity index (χ3v) is 6.88. The van der Waals surface area contributed by atoms with Crippen molar-refractivity contribution >= 4 is 18.3 Å². The third-order valence-electron chi connectivity index (χ3n) is 6.88. The summed E-state index contributed by atoms with van der Waals surface area (Å²) in [6.07, 6.45) is 3.44. The van der Waals surface area contributed by atoms with Crippen LogP contribution in [0.2, 0.25) is 0 Å². The summed E-state index contributed by atoms with van der Waals surface area (Å²) in [5.74, 6) is 2.81. The molecular formula is C22H30ClN5O2. The zero-order valence-electron chi connectivity index (χ0n) is 17.3. The summed E-state index contributed by atoms with van der Waals surface area (Å²) >= 11 is 0. The first-order chi connectivity index (χ1) is 14.3. The highest BCUT2D eigenvalue weighted by atomic mass is 35.5. The lowest BCUT2D eigenvalue weighted by Gasteiger charge is -2.42. The summed E-state index contributed by atoms with van der Waals surface area (Å²) < 4.78 is 7.89. The molecule has 3 aliphatic rings. The maximum Gasteiger partial charge on any atom is 0.233 e. The van der Waals surface area contributed by atoms with Gasteiger partial charge in [0.1, 0.15) is 11.6 Å². The highest BCUT2D eigenvalue weighted by Gasteiger charge is 2.44. The summed E-state index contributed by atoms with van der Waals surface area (Å²) in [5, 5.41) is 12.2. The smallest absolute Gasteiger partial charge is 0.233 e. The van der Waals surface area contributed by atoms with Crippen molar-refractivity contribution in [2.24, 2.45) is 0 Å². The number of nitrogens with zero attached hydrogens (tertiary/aromatic N) is 4. The number of hydrogen-bond acceptors (Lipinski definition) is 5. The van der Waals surface area contributed by atoms with Crippen LogP contribution in [-0.4, -0.2) is 58.4 Å². The van der Waals surface area contributed by atoms with Crippen LogP contribution in [0.1, 0.15) is 48.8 Å². The number of carbonyl (C=O) groups is 1. The number of rotatable bonds is 3. The van der Waals surface area contributed by atoms with Crippen molar-refractivity contribution in [3.05, 3.63) is 47.5 Å². The Labute approximate surface area is 183 Å². The van der Waals surface area contributed by atoms with Crippen LogP contribution in [0, 0.1) is 0 Å². The van der Waals surface area contributed by atoms with Gasteiger partial charge in [-0.05, 0) is 31.2 Å². The Morgan fingerprint density at radius 1 is 1.07 bits per heavy atom. The van der Waals surface area contributed by atoms with E-state index in [1.54, 1.807) is 0 Å². The Hall–Kier alpha value is -1.96. The molecule has 0 spiro atoms. The molecule has 3 aliphatic heterocycles. The lowest BCUT2D eigenvalue weighted by molar-refractivity contribution is -0.142. The number of hydrogen-bond donors (Lipinski definition) is 1. The van der Waals surface area contributed by atoms with Crippen LogP contribution in [0.3, 0.4) is 0 Å². The summed E-state index contributed by atoms with van der Waals surface area (Å²) in [6.45, 7) is 5.59. The molecule has 0 unspecified atom stereocenters. The molecule has 162 valence electrons. The molecule has 0 saturated carbocycles. The number of aromatic nitrogens is 3. The molecule has 2 saturated heterocycles. The number of carbonyl (C=O) groups excluding carboxylic acids is 1. The van der Waals surface area contributed by atoms with Gasteiger partial charge in [-0.25, -0.2) is 0 Å². The Kier molecular flexibility index (Phi) is 6.41. The van der Waals surface area contributed by atoms with Gasteiger partial charge in [-0.3, -0.25) is 4.79 Å². The van der Waals surface area contributed by atoms with Crippen molar-refractivity contribution in [2.45, 2.75) is 50.1 Å². The van der Waals surface area contributed by atoms with E-state index in [4.69, 9.17) is 4.74 Å². The molecule has 1 aromatic carbocycles. The fraction of sp³-hybridized carbons (Fsp3) is 0.591. The zero-order valence-corrected chi connectivity index (χ0v) is 18.1. The molecule has 1 amide bonds. The number of piperidine rings is 1. The largest absolute Gasteiger partial charge is 0.381 e. The topological polar surface area (TPSA) is 72.3 Å². The number of fused-ring (bicyclic) bond motifs is 1. The predicted octanol–water partition coefficient (Wildman–Crippen LogP) is 2.26. The second-order valence-corrected chi connectivity index (χ2v) is 8.43. The molecule has 8 heteroatoms. The van der Waals surface area contributed by atoms with Crippen LogP contribution in [0.4, 0.5) is 0 Å². The second kappa shape index (κ2) is 9.04. The number of halogens is 1. The molecule has 5 rings (SSSR count). The molecule has 1 N–H and O–H groups in total. The first kappa shape index (κ1) is 21.3. The van der Waals surface area contributed by atoms with E-state index in [-0.39, 0.29) is 18.3 Å². The minimum absolute atomic E-state index is 0. The van der Waals surface area contributed by atoms with E-state index in [1.807, 2.05) is 18.2 Å². The Morgan fingerprint density at radius 2 is 1.80 bits per heavy atom. The summed E-state index contributed by atoms with van der Waals surface area (Å²) in [4.78, 5) is 15.8. The van der Waals surface area contributed by atoms with E-state index < -0.39 is 5.41 Å². The van der Waals surface area contributed by atoms with Gasteiger partial charge < -0.3 is 19.5 Å². The van der Waals surface area contributed by atoms with Gasteiger partial charge >= 0.3 is 0 Å². The predicted molar refractivity (Wildman–Crippen MR) is 116 cm³/mol. The van der Waals surface area contributed by atoms with Crippen LogP contribution in [0.5, 0.6) is 0 Å². The quantitative estimate of drug-likeness (QED) is 0.807. The number of benzene rings is 1.